The van der Waals surface area contributed by atoms with Gasteiger partial charge in [-0.05, 0) is 48.2 Å². The van der Waals surface area contributed by atoms with Crippen molar-refractivity contribution in [1.29, 1.82) is 0 Å². The first-order chi connectivity index (χ1) is 12.7. The van der Waals surface area contributed by atoms with Gasteiger partial charge >= 0.3 is 0 Å². The van der Waals surface area contributed by atoms with Crippen LogP contribution in [-0.2, 0) is 9.47 Å². The first-order valence-corrected chi connectivity index (χ1v) is 10.4. The second-order valence-electron chi connectivity index (χ2n) is 6.14. The smallest absolute Gasteiger partial charge is 0.101 e. The molecule has 0 aliphatic carbocycles. The van der Waals surface area contributed by atoms with E-state index in [-0.39, 0.29) is 12.2 Å². The predicted molar refractivity (Wildman–Crippen MR) is 113 cm³/mol. The second-order valence-corrected chi connectivity index (χ2v) is 7.97. The van der Waals surface area contributed by atoms with Crippen molar-refractivity contribution in [3.63, 3.8) is 0 Å². The Morgan fingerprint density at radius 1 is 0.731 bits per heavy atom. The highest BCUT2D eigenvalue weighted by atomic mass is 79.9. The molecule has 2 aliphatic rings. The summed E-state index contributed by atoms with van der Waals surface area (Å²) in [5.74, 6) is 0. The van der Waals surface area contributed by atoms with E-state index in [0.717, 1.165) is 35.0 Å². The molecule has 0 saturated heterocycles. The summed E-state index contributed by atoms with van der Waals surface area (Å²) < 4.78 is 13.4. The molecule has 2 aromatic rings. The van der Waals surface area contributed by atoms with E-state index in [1.54, 1.807) is 0 Å². The summed E-state index contributed by atoms with van der Waals surface area (Å²) in [6.45, 7) is 1.57. The Bertz CT molecular complexity index is 736. The maximum Gasteiger partial charge on any atom is 0.101 e. The molecule has 0 spiro atoms. The lowest BCUT2D eigenvalue weighted by Gasteiger charge is -2.18. The van der Waals surface area contributed by atoms with Crippen molar-refractivity contribution in [2.24, 2.45) is 0 Å². The number of rotatable bonds is 2. The first-order valence-electron chi connectivity index (χ1n) is 8.78. The zero-order valence-electron chi connectivity index (χ0n) is 14.5. The first kappa shape index (κ1) is 19.6. The van der Waals surface area contributed by atoms with Crippen LogP contribution in [-0.4, -0.2) is 13.2 Å². The van der Waals surface area contributed by atoms with Crippen molar-refractivity contribution in [2.45, 2.75) is 25.0 Å². The Morgan fingerprint density at radius 2 is 1.38 bits per heavy atom. The highest BCUT2D eigenvalue weighted by Gasteiger charge is 2.12. The average molecular weight is 478 g/mol. The van der Waals surface area contributed by atoms with E-state index >= 15 is 0 Å². The van der Waals surface area contributed by atoms with Crippen LogP contribution in [0.25, 0.3) is 0 Å². The molecule has 0 N–H and O–H groups in total. The lowest BCUT2D eigenvalue weighted by atomic mass is 10.1. The Morgan fingerprint density at radius 3 is 1.92 bits per heavy atom. The van der Waals surface area contributed by atoms with Crippen LogP contribution < -0.4 is 0 Å². The van der Waals surface area contributed by atoms with Crippen LogP contribution in [0.4, 0.5) is 0 Å². The maximum atomic E-state index is 5.60. The summed E-state index contributed by atoms with van der Waals surface area (Å²) in [7, 11) is 0. The summed E-state index contributed by atoms with van der Waals surface area (Å²) >= 11 is 6.83. The third kappa shape index (κ3) is 5.92. The molecule has 4 rings (SSSR count). The van der Waals surface area contributed by atoms with E-state index in [4.69, 9.17) is 9.47 Å². The summed E-state index contributed by atoms with van der Waals surface area (Å²) in [6, 6.07) is 16.6. The molecule has 2 aliphatic heterocycles. The van der Waals surface area contributed by atoms with Gasteiger partial charge in [0.05, 0.1) is 19.3 Å². The van der Waals surface area contributed by atoms with Crippen molar-refractivity contribution in [3.8, 4) is 0 Å². The number of ether oxygens (including phenoxy) is 2. The normalized spacial score (nSPS) is 21.8. The van der Waals surface area contributed by atoms with E-state index < -0.39 is 0 Å². The topological polar surface area (TPSA) is 18.5 Å². The summed E-state index contributed by atoms with van der Waals surface area (Å²) in [6.07, 6.45) is 11.0. The van der Waals surface area contributed by atoms with Crippen molar-refractivity contribution < 1.29 is 9.47 Å². The molecular formula is C22H22Br2O2. The fraction of sp³-hybridized carbons (Fsp3) is 0.273. The fourth-order valence-corrected chi connectivity index (χ4v) is 3.36. The van der Waals surface area contributed by atoms with Crippen molar-refractivity contribution in [3.05, 3.63) is 92.9 Å². The molecule has 0 radical (unpaired) electrons. The standard InChI is InChI=1S/2C11H11BrO/c2*12-10-6-4-9(5-7-10)11-3-1-2-8-13-11/h1,3-7,11H,2,8H2;1-2,4-7,11H,3,8H2. The largest absolute Gasteiger partial charge is 0.369 e. The number of hydrogen-bond donors (Lipinski definition) is 0. The molecule has 2 atom stereocenters. The van der Waals surface area contributed by atoms with Gasteiger partial charge in [0.25, 0.3) is 0 Å². The van der Waals surface area contributed by atoms with E-state index in [1.165, 1.54) is 11.1 Å². The summed E-state index contributed by atoms with van der Waals surface area (Å²) in [4.78, 5) is 0. The Balaban J connectivity index is 0.000000151. The maximum absolute atomic E-state index is 5.60. The molecule has 0 amide bonds. The second kappa shape index (κ2) is 10.2. The van der Waals surface area contributed by atoms with Crippen LogP contribution in [0, 0.1) is 0 Å². The molecule has 0 bridgehead atoms. The Hall–Kier alpha value is -1.20. The van der Waals surface area contributed by atoms with Crippen LogP contribution in [0.2, 0.25) is 0 Å². The van der Waals surface area contributed by atoms with Crippen LogP contribution >= 0.6 is 31.9 Å². The summed E-state index contributed by atoms with van der Waals surface area (Å²) in [5.41, 5.74) is 2.48. The lowest BCUT2D eigenvalue weighted by molar-refractivity contribution is 0.0677. The molecule has 0 saturated carbocycles. The number of halogens is 2. The molecule has 0 fully saturated rings. The minimum absolute atomic E-state index is 0.154. The molecule has 2 aromatic carbocycles. The molecule has 26 heavy (non-hydrogen) atoms. The fourth-order valence-electron chi connectivity index (χ4n) is 2.84. The van der Waals surface area contributed by atoms with Gasteiger partial charge < -0.3 is 9.47 Å². The number of hydrogen-bond acceptors (Lipinski definition) is 2. The molecule has 2 nitrogen and oxygen atoms in total. The van der Waals surface area contributed by atoms with E-state index in [2.05, 4.69) is 92.6 Å². The minimum atomic E-state index is 0.154. The summed E-state index contributed by atoms with van der Waals surface area (Å²) in [5, 5.41) is 0. The predicted octanol–water partition coefficient (Wildman–Crippen LogP) is 6.93. The molecule has 2 unspecified atom stereocenters. The number of benzene rings is 2. The zero-order chi connectivity index (χ0) is 18.2. The third-order valence-corrected chi connectivity index (χ3v) is 5.30. The third-order valence-electron chi connectivity index (χ3n) is 4.24. The van der Waals surface area contributed by atoms with Crippen LogP contribution in [0.1, 0.15) is 36.2 Å². The Kier molecular flexibility index (Phi) is 7.69. The van der Waals surface area contributed by atoms with Crippen LogP contribution in [0.5, 0.6) is 0 Å². The average Bonchev–Trinajstić information content (AvgIpc) is 2.71. The van der Waals surface area contributed by atoms with Gasteiger partial charge in [0.1, 0.15) is 6.10 Å². The highest BCUT2D eigenvalue weighted by Crippen LogP contribution is 2.26. The Labute approximate surface area is 172 Å². The van der Waals surface area contributed by atoms with Crippen LogP contribution in [0.15, 0.2) is 81.8 Å². The molecular weight excluding hydrogens is 456 g/mol. The van der Waals surface area contributed by atoms with E-state index in [1.807, 2.05) is 12.1 Å². The quantitative estimate of drug-likeness (QED) is 0.436. The van der Waals surface area contributed by atoms with Crippen molar-refractivity contribution in [1.82, 2.24) is 0 Å². The lowest BCUT2D eigenvalue weighted by Crippen LogP contribution is -2.07. The molecule has 4 heteroatoms. The van der Waals surface area contributed by atoms with Crippen molar-refractivity contribution in [2.75, 3.05) is 13.2 Å². The molecule has 0 aromatic heterocycles. The van der Waals surface area contributed by atoms with Crippen LogP contribution in [0.3, 0.4) is 0 Å². The van der Waals surface area contributed by atoms with E-state index in [0.29, 0.717) is 0 Å². The van der Waals surface area contributed by atoms with Gasteiger partial charge in [-0.25, -0.2) is 0 Å². The van der Waals surface area contributed by atoms with Gasteiger partial charge in [0, 0.05) is 8.95 Å². The molecule has 2 heterocycles. The molecule has 136 valence electrons. The van der Waals surface area contributed by atoms with Gasteiger partial charge in [-0.3, -0.25) is 0 Å². The van der Waals surface area contributed by atoms with Crippen molar-refractivity contribution >= 4 is 31.9 Å². The van der Waals surface area contributed by atoms with E-state index in [9.17, 15) is 0 Å². The highest BCUT2D eigenvalue weighted by molar-refractivity contribution is 9.10. The van der Waals surface area contributed by atoms with Gasteiger partial charge in [-0.15, -0.1) is 0 Å². The SMILES string of the molecule is Brc1ccc(C2C=CCCO2)cc1.Brc1ccc(C2CC=CCO2)cc1. The monoisotopic (exact) mass is 476 g/mol. The minimum Gasteiger partial charge on any atom is -0.369 e. The van der Waals surface area contributed by atoms with Gasteiger partial charge in [-0.2, -0.15) is 0 Å². The van der Waals surface area contributed by atoms with Gasteiger partial charge in [0.2, 0.25) is 0 Å². The zero-order valence-corrected chi connectivity index (χ0v) is 17.7. The van der Waals surface area contributed by atoms with Gasteiger partial charge in [0.15, 0.2) is 0 Å². The van der Waals surface area contributed by atoms with Gasteiger partial charge in [-0.1, -0.05) is 80.4 Å².